The quantitative estimate of drug-likeness (QED) is 0.326. The zero-order valence-electron chi connectivity index (χ0n) is 21.0. The summed E-state index contributed by atoms with van der Waals surface area (Å²) in [5.41, 5.74) is 7.98. The lowest BCUT2D eigenvalue weighted by Gasteiger charge is -2.31. The van der Waals surface area contributed by atoms with E-state index in [1.54, 1.807) is 7.11 Å². The van der Waals surface area contributed by atoms with E-state index in [2.05, 4.69) is 59.4 Å². The number of anilines is 1. The summed E-state index contributed by atoms with van der Waals surface area (Å²) < 4.78 is 7.74. The van der Waals surface area contributed by atoms with E-state index >= 15 is 0 Å². The van der Waals surface area contributed by atoms with E-state index in [1.165, 1.54) is 33.8 Å². The number of ether oxygens (including phenoxy) is 1. The van der Waals surface area contributed by atoms with E-state index in [0.29, 0.717) is 6.54 Å². The summed E-state index contributed by atoms with van der Waals surface area (Å²) in [7, 11) is 1.68. The van der Waals surface area contributed by atoms with Crippen LogP contribution in [0.25, 0.3) is 5.00 Å². The summed E-state index contributed by atoms with van der Waals surface area (Å²) in [4.78, 5) is 17.6. The lowest BCUT2D eigenvalue weighted by Crippen LogP contribution is -2.38. The molecule has 2 aromatic heterocycles. The number of aromatic nitrogens is 1. The summed E-state index contributed by atoms with van der Waals surface area (Å²) in [6, 6.07) is 18.2. The maximum Gasteiger partial charge on any atom is 0.322 e. The van der Waals surface area contributed by atoms with Crippen LogP contribution in [0.5, 0.6) is 5.75 Å². The number of fused-ring (bicyclic) bond motifs is 5. The van der Waals surface area contributed by atoms with Crippen molar-refractivity contribution in [2.45, 2.75) is 52.1 Å². The number of benzene rings is 2. The first-order valence-electron chi connectivity index (χ1n) is 12.6. The molecule has 1 N–H and O–H groups in total. The molecule has 1 aliphatic carbocycles. The van der Waals surface area contributed by atoms with Crippen molar-refractivity contribution in [3.8, 4) is 10.8 Å². The van der Waals surface area contributed by atoms with E-state index in [4.69, 9.17) is 4.74 Å². The molecule has 0 saturated heterocycles. The lowest BCUT2D eigenvalue weighted by atomic mass is 9.95. The Morgan fingerprint density at radius 1 is 1.03 bits per heavy atom. The predicted molar refractivity (Wildman–Crippen MR) is 146 cm³/mol. The monoisotopic (exact) mass is 497 g/mol. The molecule has 0 spiro atoms. The van der Waals surface area contributed by atoms with Crippen LogP contribution in [0.3, 0.4) is 0 Å². The average molecular weight is 498 g/mol. The van der Waals surface area contributed by atoms with Gasteiger partial charge in [-0.05, 0) is 92.1 Å². The molecule has 0 fully saturated rings. The number of hydrogen-bond donors (Lipinski definition) is 1. The molecule has 2 aromatic carbocycles. The first-order valence-corrected chi connectivity index (χ1v) is 13.4. The standard InChI is InChI=1S/C30H31N3O2S/c1-19-10-11-20(2)25(17-19)31-30(34)33-18-24-23-7-4-5-9-27(23)36-29(24)32-16-6-8-26(32)28(33)21-12-14-22(35-3)15-13-21/h6,8,10-17,28H,4-5,7,9,18H2,1-3H3,(H,31,34)/t28-/m0/s1. The number of methoxy groups -OCH3 is 1. The van der Waals surface area contributed by atoms with Gasteiger partial charge in [-0.1, -0.05) is 24.3 Å². The van der Waals surface area contributed by atoms with Crippen LogP contribution in [0.4, 0.5) is 10.5 Å². The molecule has 0 radical (unpaired) electrons. The van der Waals surface area contributed by atoms with Crippen LogP contribution in [-0.2, 0) is 19.4 Å². The van der Waals surface area contributed by atoms with Gasteiger partial charge in [0.25, 0.3) is 0 Å². The van der Waals surface area contributed by atoms with E-state index in [0.717, 1.165) is 46.7 Å². The van der Waals surface area contributed by atoms with Crippen LogP contribution in [-0.4, -0.2) is 22.6 Å². The fraction of sp³-hybridized carbons (Fsp3) is 0.300. The summed E-state index contributed by atoms with van der Waals surface area (Å²) in [6.45, 7) is 4.67. The highest BCUT2D eigenvalue weighted by atomic mass is 32.1. The summed E-state index contributed by atoms with van der Waals surface area (Å²) in [5.74, 6) is 0.808. The molecule has 0 bridgehead atoms. The van der Waals surface area contributed by atoms with Gasteiger partial charge in [0, 0.05) is 22.3 Å². The highest BCUT2D eigenvalue weighted by molar-refractivity contribution is 7.15. The van der Waals surface area contributed by atoms with Gasteiger partial charge >= 0.3 is 6.03 Å². The molecule has 4 aromatic rings. The second-order valence-electron chi connectivity index (χ2n) is 9.85. The SMILES string of the molecule is COc1ccc([C@H]2c3cccn3-c3sc4c(c3CN2C(=O)Nc2cc(C)ccc2C)CCCC4)cc1. The Balaban J connectivity index is 1.49. The van der Waals surface area contributed by atoms with Gasteiger partial charge < -0.3 is 19.5 Å². The van der Waals surface area contributed by atoms with Crippen molar-refractivity contribution >= 4 is 23.1 Å². The number of hydrogen-bond acceptors (Lipinski definition) is 3. The number of aryl methyl sites for hydroxylation is 3. The van der Waals surface area contributed by atoms with Gasteiger partial charge in [-0.15, -0.1) is 11.3 Å². The number of thiophene rings is 1. The average Bonchev–Trinajstić information content (AvgIpc) is 3.48. The van der Waals surface area contributed by atoms with E-state index in [-0.39, 0.29) is 12.1 Å². The molecule has 36 heavy (non-hydrogen) atoms. The van der Waals surface area contributed by atoms with Crippen LogP contribution in [0.15, 0.2) is 60.8 Å². The maximum atomic E-state index is 14.1. The third kappa shape index (κ3) is 3.90. The first kappa shape index (κ1) is 22.9. The molecule has 5 nitrogen and oxygen atoms in total. The minimum absolute atomic E-state index is 0.0825. The van der Waals surface area contributed by atoms with Crippen molar-refractivity contribution in [2.24, 2.45) is 0 Å². The highest BCUT2D eigenvalue weighted by Crippen LogP contribution is 2.44. The number of nitrogens with zero attached hydrogens (tertiary/aromatic N) is 2. The van der Waals surface area contributed by atoms with Gasteiger partial charge in [0.1, 0.15) is 10.8 Å². The Morgan fingerprint density at radius 2 is 1.83 bits per heavy atom. The molecule has 6 heteroatoms. The Labute approximate surface area is 216 Å². The van der Waals surface area contributed by atoms with Gasteiger partial charge in [0.05, 0.1) is 25.4 Å². The molecule has 2 amide bonds. The smallest absolute Gasteiger partial charge is 0.322 e. The molecule has 3 heterocycles. The van der Waals surface area contributed by atoms with Crippen LogP contribution >= 0.6 is 11.3 Å². The minimum atomic E-state index is -0.227. The van der Waals surface area contributed by atoms with Gasteiger partial charge in [-0.25, -0.2) is 4.79 Å². The van der Waals surface area contributed by atoms with Crippen LogP contribution in [0.2, 0.25) is 0 Å². The van der Waals surface area contributed by atoms with Crippen LogP contribution < -0.4 is 10.1 Å². The van der Waals surface area contributed by atoms with Gasteiger partial charge in [0.15, 0.2) is 0 Å². The molecule has 0 saturated carbocycles. The molecule has 6 rings (SSSR count). The minimum Gasteiger partial charge on any atom is -0.497 e. The number of urea groups is 1. The Morgan fingerprint density at radius 3 is 2.64 bits per heavy atom. The summed E-state index contributed by atoms with van der Waals surface area (Å²) >= 11 is 1.91. The van der Waals surface area contributed by atoms with Crippen molar-refractivity contribution in [1.82, 2.24) is 9.47 Å². The molecule has 1 aliphatic heterocycles. The second-order valence-corrected chi connectivity index (χ2v) is 10.9. The zero-order valence-corrected chi connectivity index (χ0v) is 21.8. The van der Waals surface area contributed by atoms with Gasteiger partial charge in [-0.2, -0.15) is 0 Å². The second kappa shape index (κ2) is 9.17. The summed E-state index contributed by atoms with van der Waals surface area (Å²) in [6.07, 6.45) is 6.85. The van der Waals surface area contributed by atoms with Crippen molar-refractivity contribution in [2.75, 3.05) is 12.4 Å². The number of carbonyl (C=O) groups is 1. The molecule has 2 aliphatic rings. The van der Waals surface area contributed by atoms with E-state index in [1.807, 2.05) is 41.4 Å². The highest BCUT2D eigenvalue weighted by Gasteiger charge is 2.36. The van der Waals surface area contributed by atoms with Crippen molar-refractivity contribution < 1.29 is 9.53 Å². The largest absolute Gasteiger partial charge is 0.497 e. The summed E-state index contributed by atoms with van der Waals surface area (Å²) in [5, 5.41) is 4.52. The van der Waals surface area contributed by atoms with Gasteiger partial charge in [-0.3, -0.25) is 0 Å². The lowest BCUT2D eigenvalue weighted by molar-refractivity contribution is 0.194. The van der Waals surface area contributed by atoms with Crippen molar-refractivity contribution in [3.05, 3.63) is 99.2 Å². The topological polar surface area (TPSA) is 46.5 Å². The first-order chi connectivity index (χ1) is 17.5. The fourth-order valence-corrected chi connectivity index (χ4v) is 6.98. The molecule has 1 atom stereocenters. The Kier molecular flexibility index (Phi) is 5.84. The van der Waals surface area contributed by atoms with Crippen LogP contribution in [0, 0.1) is 13.8 Å². The maximum absolute atomic E-state index is 14.1. The van der Waals surface area contributed by atoms with E-state index < -0.39 is 0 Å². The number of nitrogens with one attached hydrogen (secondary N) is 1. The third-order valence-electron chi connectivity index (χ3n) is 7.51. The van der Waals surface area contributed by atoms with Crippen molar-refractivity contribution in [3.63, 3.8) is 0 Å². The third-order valence-corrected chi connectivity index (χ3v) is 8.84. The number of carbonyl (C=O) groups excluding carboxylic acids is 1. The normalized spacial score (nSPS) is 16.5. The molecular formula is C30H31N3O2S. The number of rotatable bonds is 3. The van der Waals surface area contributed by atoms with Gasteiger partial charge in [0.2, 0.25) is 0 Å². The molecular weight excluding hydrogens is 466 g/mol. The Hall–Kier alpha value is -3.51. The zero-order chi connectivity index (χ0) is 24.8. The molecule has 0 unspecified atom stereocenters. The Bertz CT molecular complexity index is 1430. The fourth-order valence-electron chi connectivity index (χ4n) is 5.58. The van der Waals surface area contributed by atoms with E-state index in [9.17, 15) is 4.79 Å². The molecule has 184 valence electrons. The van der Waals surface area contributed by atoms with Crippen LogP contribution in [0.1, 0.15) is 57.3 Å². The number of amides is 2. The van der Waals surface area contributed by atoms with Crippen molar-refractivity contribution in [1.29, 1.82) is 0 Å². The predicted octanol–water partition coefficient (Wildman–Crippen LogP) is 7.18.